The van der Waals surface area contributed by atoms with E-state index >= 15 is 0 Å². The summed E-state index contributed by atoms with van der Waals surface area (Å²) in [6.45, 7) is 2.28. The zero-order chi connectivity index (χ0) is 21.5. The number of carbonyl (C=O) groups is 1. The van der Waals surface area contributed by atoms with Crippen molar-refractivity contribution < 1.29 is 9.53 Å². The van der Waals surface area contributed by atoms with Crippen molar-refractivity contribution >= 4 is 5.91 Å². The molecule has 0 saturated heterocycles. The van der Waals surface area contributed by atoms with Gasteiger partial charge in [-0.3, -0.25) is 4.79 Å². The molecule has 1 atom stereocenters. The van der Waals surface area contributed by atoms with Gasteiger partial charge < -0.3 is 10.1 Å². The molecule has 4 aromatic rings. The Morgan fingerprint density at radius 2 is 1.74 bits per heavy atom. The van der Waals surface area contributed by atoms with Crippen LogP contribution in [-0.2, 0) is 4.79 Å². The zero-order valence-corrected chi connectivity index (χ0v) is 17.3. The maximum atomic E-state index is 12.4. The maximum Gasteiger partial charge on any atom is 0.223 e. The van der Waals surface area contributed by atoms with Gasteiger partial charge in [-0.05, 0) is 36.2 Å². The lowest BCUT2D eigenvalue weighted by molar-refractivity contribution is -0.122. The Bertz CT molecular complexity index is 1110. The van der Waals surface area contributed by atoms with Gasteiger partial charge in [0, 0.05) is 5.56 Å². The number of hydrogen-bond acceptors (Lipinski definition) is 4. The first-order valence-electron chi connectivity index (χ1n) is 10.2. The van der Waals surface area contributed by atoms with Crippen LogP contribution in [0.3, 0.4) is 0 Å². The first-order chi connectivity index (χ1) is 15.2. The molecule has 0 aliphatic heterocycles. The van der Waals surface area contributed by atoms with Crippen LogP contribution < -0.4 is 10.1 Å². The molecule has 6 nitrogen and oxygen atoms in total. The number of hydrogen-bond donors (Lipinski definition) is 1. The van der Waals surface area contributed by atoms with E-state index in [0.29, 0.717) is 6.61 Å². The van der Waals surface area contributed by atoms with Gasteiger partial charge >= 0.3 is 0 Å². The Morgan fingerprint density at radius 1 is 1.00 bits per heavy atom. The van der Waals surface area contributed by atoms with Gasteiger partial charge in [-0.15, -0.1) is 0 Å². The number of benzene rings is 3. The predicted molar refractivity (Wildman–Crippen MR) is 120 cm³/mol. The minimum absolute atomic E-state index is 0.0509. The maximum absolute atomic E-state index is 12.4. The third-order valence-electron chi connectivity index (χ3n) is 5.01. The van der Waals surface area contributed by atoms with Crippen molar-refractivity contribution in [1.82, 2.24) is 20.1 Å². The van der Waals surface area contributed by atoms with Crippen molar-refractivity contribution in [2.45, 2.75) is 19.4 Å². The van der Waals surface area contributed by atoms with Gasteiger partial charge in [0.1, 0.15) is 18.4 Å². The van der Waals surface area contributed by atoms with Crippen LogP contribution in [0.4, 0.5) is 0 Å². The van der Waals surface area contributed by atoms with Gasteiger partial charge in [0.25, 0.3) is 0 Å². The van der Waals surface area contributed by atoms with E-state index in [1.165, 1.54) is 6.33 Å². The summed E-state index contributed by atoms with van der Waals surface area (Å²) in [7, 11) is 0. The monoisotopic (exact) mass is 412 g/mol. The molecule has 0 spiro atoms. The van der Waals surface area contributed by atoms with Crippen LogP contribution in [0.5, 0.6) is 5.75 Å². The van der Waals surface area contributed by atoms with E-state index in [1.54, 1.807) is 11.0 Å². The van der Waals surface area contributed by atoms with Crippen LogP contribution >= 0.6 is 0 Å². The third-order valence-corrected chi connectivity index (χ3v) is 5.01. The van der Waals surface area contributed by atoms with E-state index in [-0.39, 0.29) is 18.4 Å². The largest absolute Gasteiger partial charge is 0.492 e. The van der Waals surface area contributed by atoms with Gasteiger partial charge in [0.15, 0.2) is 0 Å². The highest BCUT2D eigenvalue weighted by atomic mass is 16.5. The van der Waals surface area contributed by atoms with E-state index in [4.69, 9.17) is 4.74 Å². The summed E-state index contributed by atoms with van der Waals surface area (Å²) in [5.41, 5.74) is 4.05. The average molecular weight is 412 g/mol. The predicted octanol–water partition coefficient (Wildman–Crippen LogP) is 4.58. The summed E-state index contributed by atoms with van der Waals surface area (Å²) < 4.78 is 7.62. The highest BCUT2D eigenvalue weighted by Crippen LogP contribution is 2.29. The van der Waals surface area contributed by atoms with Crippen LogP contribution in [0.25, 0.3) is 16.8 Å². The second-order valence-electron chi connectivity index (χ2n) is 7.18. The second kappa shape index (κ2) is 9.71. The van der Waals surface area contributed by atoms with Gasteiger partial charge in [-0.25, -0.2) is 9.67 Å². The van der Waals surface area contributed by atoms with Crippen LogP contribution in [0.2, 0.25) is 0 Å². The number of aromatic nitrogens is 3. The third kappa shape index (κ3) is 5.17. The fraction of sp³-hybridized carbons (Fsp3) is 0.160. The second-order valence-corrected chi connectivity index (χ2v) is 7.18. The van der Waals surface area contributed by atoms with Crippen molar-refractivity contribution in [3.63, 3.8) is 0 Å². The molecule has 1 heterocycles. The number of para-hydroxylation sites is 1. The summed E-state index contributed by atoms with van der Waals surface area (Å²) in [5.74, 6) is 0.725. The van der Waals surface area contributed by atoms with Crippen molar-refractivity contribution in [1.29, 1.82) is 0 Å². The molecule has 1 aromatic heterocycles. The molecule has 0 aliphatic rings. The molecule has 4 rings (SSSR count). The first-order valence-corrected chi connectivity index (χ1v) is 10.2. The van der Waals surface area contributed by atoms with E-state index in [0.717, 1.165) is 28.1 Å². The molecular weight excluding hydrogens is 388 g/mol. The topological polar surface area (TPSA) is 69.0 Å². The smallest absolute Gasteiger partial charge is 0.223 e. The first kappa shape index (κ1) is 20.3. The molecule has 0 saturated carbocycles. The Kier molecular flexibility index (Phi) is 6.38. The molecule has 3 aromatic carbocycles. The molecule has 0 radical (unpaired) electrons. The van der Waals surface area contributed by atoms with Crippen molar-refractivity contribution in [2.24, 2.45) is 0 Å². The van der Waals surface area contributed by atoms with Gasteiger partial charge in [-0.1, -0.05) is 60.7 Å². The van der Waals surface area contributed by atoms with E-state index in [2.05, 4.69) is 15.4 Å². The molecule has 0 aliphatic carbocycles. The molecule has 31 heavy (non-hydrogen) atoms. The highest BCUT2D eigenvalue weighted by Gasteiger charge is 2.11. The molecule has 1 unspecified atom stereocenters. The van der Waals surface area contributed by atoms with Gasteiger partial charge in [0.2, 0.25) is 5.91 Å². The Morgan fingerprint density at radius 3 is 2.48 bits per heavy atom. The summed E-state index contributed by atoms with van der Waals surface area (Å²) in [4.78, 5) is 16.4. The van der Waals surface area contributed by atoms with E-state index < -0.39 is 0 Å². The lowest BCUT2D eigenvalue weighted by Crippen LogP contribution is -2.27. The quantitative estimate of drug-likeness (QED) is 0.460. The molecule has 0 bridgehead atoms. The number of rotatable bonds is 8. The standard InChI is InChI=1S/C25H24N4O2/c1-19(20-11-13-22(14-12-20)29-18-26-17-27-29)28-25(30)15-16-31-24-10-6-5-9-23(24)21-7-3-2-4-8-21/h2-14,17-19H,15-16H2,1H3,(H,28,30). The molecule has 6 heteroatoms. The fourth-order valence-corrected chi connectivity index (χ4v) is 3.36. The Labute approximate surface area is 181 Å². The minimum Gasteiger partial charge on any atom is -0.492 e. The molecule has 1 amide bonds. The van der Waals surface area contributed by atoms with Crippen molar-refractivity contribution in [3.8, 4) is 22.6 Å². The highest BCUT2D eigenvalue weighted by molar-refractivity contribution is 5.76. The van der Waals surface area contributed by atoms with Crippen LogP contribution in [0, 0.1) is 0 Å². The summed E-state index contributed by atoms with van der Waals surface area (Å²) in [6, 6.07) is 25.7. The number of ether oxygens (including phenoxy) is 1. The summed E-state index contributed by atoms with van der Waals surface area (Å²) in [6.07, 6.45) is 3.43. The number of nitrogens with one attached hydrogen (secondary N) is 1. The van der Waals surface area contributed by atoms with E-state index in [9.17, 15) is 4.79 Å². The van der Waals surface area contributed by atoms with Crippen molar-refractivity contribution in [3.05, 3.63) is 97.1 Å². The average Bonchev–Trinajstić information content (AvgIpc) is 3.35. The van der Waals surface area contributed by atoms with Gasteiger partial charge in [0.05, 0.1) is 24.8 Å². The Hall–Kier alpha value is -3.93. The number of carbonyl (C=O) groups excluding carboxylic acids is 1. The molecule has 156 valence electrons. The summed E-state index contributed by atoms with van der Waals surface area (Å²) >= 11 is 0. The fourth-order valence-electron chi connectivity index (χ4n) is 3.36. The lowest BCUT2D eigenvalue weighted by Gasteiger charge is -2.16. The summed E-state index contributed by atoms with van der Waals surface area (Å²) in [5, 5.41) is 7.14. The molecule has 0 fully saturated rings. The zero-order valence-electron chi connectivity index (χ0n) is 17.3. The molecule has 1 N–H and O–H groups in total. The SMILES string of the molecule is CC(NC(=O)CCOc1ccccc1-c1ccccc1)c1ccc(-n2cncn2)cc1. The van der Waals surface area contributed by atoms with Crippen molar-refractivity contribution in [2.75, 3.05) is 6.61 Å². The molecular formula is C25H24N4O2. The van der Waals surface area contributed by atoms with Crippen LogP contribution in [-0.4, -0.2) is 27.3 Å². The normalized spacial score (nSPS) is 11.6. The van der Waals surface area contributed by atoms with Crippen LogP contribution in [0.15, 0.2) is 91.5 Å². The minimum atomic E-state index is -0.103. The van der Waals surface area contributed by atoms with Gasteiger partial charge in [-0.2, -0.15) is 5.10 Å². The lowest BCUT2D eigenvalue weighted by atomic mass is 10.1. The Balaban J connectivity index is 1.30. The number of nitrogens with zero attached hydrogens (tertiary/aromatic N) is 3. The van der Waals surface area contributed by atoms with E-state index in [1.807, 2.05) is 85.8 Å². The van der Waals surface area contributed by atoms with Crippen LogP contribution in [0.1, 0.15) is 24.9 Å². The number of amides is 1.